The second-order valence-corrected chi connectivity index (χ2v) is 4.37. The van der Waals surface area contributed by atoms with Gasteiger partial charge in [0.2, 0.25) is 0 Å². The molecule has 0 rings (SSSR count). The summed E-state index contributed by atoms with van der Waals surface area (Å²) in [5.74, 6) is -0.629. The fraction of sp³-hybridized carbons (Fsp3) is 1.00. The van der Waals surface area contributed by atoms with Gasteiger partial charge in [-0.05, 0) is 14.0 Å². The molecule has 0 spiro atoms. The molecule has 0 heterocycles. The Morgan fingerprint density at radius 2 is 1.85 bits per heavy atom. The molecule has 0 aliphatic rings. The maximum Gasteiger partial charge on any atom is 0.266 e. The summed E-state index contributed by atoms with van der Waals surface area (Å²) in [6, 6.07) is -0.880. The summed E-state index contributed by atoms with van der Waals surface area (Å²) in [7, 11) is -2.72. The SMILES string of the molecule is CNC(CS(=O)(=O)O)C(O)C(C)O. The lowest BCUT2D eigenvalue weighted by molar-refractivity contribution is 0.0128. The van der Waals surface area contributed by atoms with Crippen LogP contribution < -0.4 is 5.32 Å². The van der Waals surface area contributed by atoms with Crippen molar-refractivity contribution >= 4 is 10.1 Å². The lowest BCUT2D eigenvalue weighted by Gasteiger charge is -2.23. The molecule has 0 amide bonds. The van der Waals surface area contributed by atoms with Gasteiger partial charge in [0.15, 0.2) is 0 Å². The molecule has 0 aromatic rings. The van der Waals surface area contributed by atoms with Crippen molar-refractivity contribution in [3.8, 4) is 0 Å². The van der Waals surface area contributed by atoms with Crippen LogP contribution in [-0.4, -0.2) is 54.2 Å². The van der Waals surface area contributed by atoms with E-state index in [0.717, 1.165) is 0 Å². The third-order valence-corrected chi connectivity index (χ3v) is 2.45. The highest BCUT2D eigenvalue weighted by Crippen LogP contribution is 2.02. The zero-order valence-electron chi connectivity index (χ0n) is 7.51. The van der Waals surface area contributed by atoms with E-state index in [2.05, 4.69) is 5.32 Å². The molecule has 4 N–H and O–H groups in total. The first-order valence-electron chi connectivity index (χ1n) is 3.76. The van der Waals surface area contributed by atoms with E-state index in [4.69, 9.17) is 9.66 Å². The first-order chi connectivity index (χ1) is 5.78. The molecule has 0 radical (unpaired) electrons. The van der Waals surface area contributed by atoms with E-state index in [1.807, 2.05) is 0 Å². The minimum Gasteiger partial charge on any atom is -0.391 e. The van der Waals surface area contributed by atoms with Gasteiger partial charge >= 0.3 is 0 Å². The molecule has 7 heteroatoms. The maximum absolute atomic E-state index is 10.5. The standard InChI is InChI=1S/C6H15NO5S/c1-4(8)6(9)5(7-2)3-13(10,11)12/h4-9H,3H2,1-2H3,(H,10,11,12). The lowest BCUT2D eigenvalue weighted by Crippen LogP contribution is -2.47. The smallest absolute Gasteiger partial charge is 0.266 e. The molecule has 0 aliphatic carbocycles. The predicted octanol–water partition coefficient (Wildman–Crippen LogP) is -1.80. The van der Waals surface area contributed by atoms with Crippen LogP contribution in [0.5, 0.6) is 0 Å². The number of hydrogen-bond donors (Lipinski definition) is 4. The quantitative estimate of drug-likeness (QED) is 0.402. The number of likely N-dealkylation sites (N-methyl/N-ethyl adjacent to an activating group) is 1. The Morgan fingerprint density at radius 3 is 2.08 bits per heavy atom. The van der Waals surface area contributed by atoms with Crippen molar-refractivity contribution in [2.24, 2.45) is 0 Å². The molecular formula is C6H15NO5S. The van der Waals surface area contributed by atoms with Crippen molar-refractivity contribution in [3.05, 3.63) is 0 Å². The van der Waals surface area contributed by atoms with Gasteiger partial charge in [0.25, 0.3) is 10.1 Å². The molecule has 0 aromatic carbocycles. The molecule has 0 aliphatic heterocycles. The highest BCUT2D eigenvalue weighted by Gasteiger charge is 2.26. The number of hydrogen-bond acceptors (Lipinski definition) is 5. The fourth-order valence-corrected chi connectivity index (χ4v) is 1.73. The summed E-state index contributed by atoms with van der Waals surface area (Å²) < 4.78 is 29.4. The molecule has 0 saturated heterocycles. The van der Waals surface area contributed by atoms with Crippen LogP contribution in [0.3, 0.4) is 0 Å². The predicted molar refractivity (Wildman–Crippen MR) is 47.0 cm³/mol. The molecule has 0 saturated carbocycles. The Hall–Kier alpha value is -0.210. The topological polar surface area (TPSA) is 107 Å². The summed E-state index contributed by atoms with van der Waals surface area (Å²) >= 11 is 0. The highest BCUT2D eigenvalue weighted by molar-refractivity contribution is 7.85. The highest BCUT2D eigenvalue weighted by atomic mass is 32.2. The Morgan fingerprint density at radius 1 is 1.38 bits per heavy atom. The normalized spacial score (nSPS) is 19.5. The van der Waals surface area contributed by atoms with E-state index in [1.54, 1.807) is 0 Å². The van der Waals surface area contributed by atoms with Crippen LogP contribution >= 0.6 is 0 Å². The summed E-state index contributed by atoms with van der Waals surface area (Å²) in [6.07, 6.45) is -2.29. The molecular weight excluding hydrogens is 198 g/mol. The Labute approximate surface area is 77.3 Å². The zero-order valence-corrected chi connectivity index (χ0v) is 8.32. The average Bonchev–Trinajstić information content (AvgIpc) is 1.97. The van der Waals surface area contributed by atoms with E-state index in [-0.39, 0.29) is 0 Å². The van der Waals surface area contributed by atoms with Crippen LogP contribution in [0.4, 0.5) is 0 Å². The largest absolute Gasteiger partial charge is 0.391 e. The molecule has 3 atom stereocenters. The van der Waals surface area contributed by atoms with Crippen LogP contribution in [0.1, 0.15) is 6.92 Å². The summed E-state index contributed by atoms with van der Waals surface area (Å²) in [5.41, 5.74) is 0. The van der Waals surface area contributed by atoms with Gasteiger partial charge in [0, 0.05) is 0 Å². The van der Waals surface area contributed by atoms with Crippen molar-refractivity contribution in [2.75, 3.05) is 12.8 Å². The molecule has 3 unspecified atom stereocenters. The van der Waals surface area contributed by atoms with Crippen LogP contribution in [0.15, 0.2) is 0 Å². The van der Waals surface area contributed by atoms with Gasteiger partial charge in [0.1, 0.15) is 0 Å². The van der Waals surface area contributed by atoms with Gasteiger partial charge < -0.3 is 15.5 Å². The number of nitrogens with one attached hydrogen (secondary N) is 1. The Bertz CT molecular complexity index is 237. The van der Waals surface area contributed by atoms with Crippen LogP contribution in [-0.2, 0) is 10.1 Å². The molecule has 0 fully saturated rings. The van der Waals surface area contributed by atoms with E-state index in [9.17, 15) is 13.5 Å². The van der Waals surface area contributed by atoms with Crippen LogP contribution in [0, 0.1) is 0 Å². The van der Waals surface area contributed by atoms with E-state index >= 15 is 0 Å². The first kappa shape index (κ1) is 12.8. The van der Waals surface area contributed by atoms with Crippen molar-refractivity contribution in [1.29, 1.82) is 0 Å². The van der Waals surface area contributed by atoms with E-state index in [1.165, 1.54) is 14.0 Å². The second-order valence-electron chi connectivity index (χ2n) is 2.87. The van der Waals surface area contributed by atoms with Gasteiger partial charge in [-0.3, -0.25) is 4.55 Å². The van der Waals surface area contributed by atoms with Gasteiger partial charge in [-0.25, -0.2) is 0 Å². The van der Waals surface area contributed by atoms with Crippen LogP contribution in [0.25, 0.3) is 0 Å². The van der Waals surface area contributed by atoms with Crippen molar-refractivity contribution < 1.29 is 23.2 Å². The van der Waals surface area contributed by atoms with Gasteiger partial charge in [-0.1, -0.05) is 0 Å². The monoisotopic (exact) mass is 213 g/mol. The van der Waals surface area contributed by atoms with Crippen molar-refractivity contribution in [2.45, 2.75) is 25.2 Å². The molecule has 80 valence electrons. The third kappa shape index (κ3) is 5.17. The minimum absolute atomic E-state index is 0.629. The summed E-state index contributed by atoms with van der Waals surface area (Å²) in [4.78, 5) is 0. The number of aliphatic hydroxyl groups is 2. The van der Waals surface area contributed by atoms with Crippen molar-refractivity contribution in [3.63, 3.8) is 0 Å². The van der Waals surface area contributed by atoms with Crippen LogP contribution in [0.2, 0.25) is 0 Å². The maximum atomic E-state index is 10.5. The lowest BCUT2D eigenvalue weighted by atomic mass is 10.1. The average molecular weight is 213 g/mol. The summed E-state index contributed by atoms with van der Waals surface area (Å²) in [5, 5.41) is 20.7. The Balaban J connectivity index is 4.35. The van der Waals surface area contributed by atoms with E-state index < -0.39 is 34.1 Å². The molecule has 13 heavy (non-hydrogen) atoms. The fourth-order valence-electron chi connectivity index (χ4n) is 0.916. The second kappa shape index (κ2) is 4.87. The first-order valence-corrected chi connectivity index (χ1v) is 5.37. The zero-order chi connectivity index (χ0) is 10.6. The Kier molecular flexibility index (Phi) is 4.79. The number of aliphatic hydroxyl groups excluding tert-OH is 2. The minimum atomic E-state index is -4.15. The van der Waals surface area contributed by atoms with Gasteiger partial charge in [-0.15, -0.1) is 0 Å². The molecule has 0 bridgehead atoms. The van der Waals surface area contributed by atoms with Gasteiger partial charge in [-0.2, -0.15) is 8.42 Å². The molecule has 6 nitrogen and oxygen atoms in total. The number of rotatable bonds is 5. The van der Waals surface area contributed by atoms with Gasteiger partial charge in [0.05, 0.1) is 24.0 Å². The summed E-state index contributed by atoms with van der Waals surface area (Å²) in [6.45, 7) is 1.33. The third-order valence-electron chi connectivity index (χ3n) is 1.67. The molecule has 0 aromatic heterocycles. The van der Waals surface area contributed by atoms with Crippen molar-refractivity contribution in [1.82, 2.24) is 5.32 Å². The van der Waals surface area contributed by atoms with E-state index in [0.29, 0.717) is 0 Å².